The van der Waals surface area contributed by atoms with E-state index in [9.17, 15) is 4.39 Å². The van der Waals surface area contributed by atoms with E-state index >= 15 is 0 Å². The monoisotopic (exact) mass is 242 g/mol. The summed E-state index contributed by atoms with van der Waals surface area (Å²) < 4.78 is 12.6. The van der Waals surface area contributed by atoms with E-state index in [-0.39, 0.29) is 5.82 Å². The zero-order chi connectivity index (χ0) is 11.9. The molecule has 0 radical (unpaired) electrons. The largest absolute Gasteiger partial charge is 0.207 e. The van der Waals surface area contributed by atoms with Gasteiger partial charge in [0.2, 0.25) is 0 Å². The summed E-state index contributed by atoms with van der Waals surface area (Å²) in [5.41, 5.74) is 2.10. The minimum absolute atomic E-state index is 0.229. The highest BCUT2D eigenvalue weighted by atomic mass is 32.2. The molecule has 0 heterocycles. The van der Waals surface area contributed by atoms with Gasteiger partial charge in [-0.05, 0) is 35.1 Å². The lowest BCUT2D eigenvalue weighted by Gasteiger charge is -1.94. The van der Waals surface area contributed by atoms with Crippen molar-refractivity contribution in [2.45, 2.75) is 5.75 Å². The molecule has 17 heavy (non-hydrogen) atoms. The average molecular weight is 242 g/mol. The molecule has 0 unspecified atom stereocenters. The molecule has 0 aliphatic carbocycles. The fourth-order valence-corrected chi connectivity index (χ4v) is 1.94. The number of thioether (sulfide) groups is 1. The topological polar surface area (TPSA) is 0 Å². The van der Waals surface area contributed by atoms with Crippen LogP contribution >= 0.6 is 11.8 Å². The van der Waals surface area contributed by atoms with E-state index in [0.717, 1.165) is 11.3 Å². The number of hydrogen-bond donors (Lipinski definition) is 0. The van der Waals surface area contributed by atoms with Crippen molar-refractivity contribution in [3.05, 3.63) is 71.5 Å². The molecule has 0 nitrogen and oxygen atoms in total. The van der Waals surface area contributed by atoms with E-state index in [1.807, 2.05) is 18.2 Å². The van der Waals surface area contributed by atoms with E-state index < -0.39 is 0 Å². The first-order valence-corrected chi connectivity index (χ1v) is 6.25. The fraction of sp³-hybridized carbons (Fsp3) is 0.0667. The van der Waals surface area contributed by atoms with Gasteiger partial charge in [0, 0.05) is 11.3 Å². The Balaban J connectivity index is 1.89. The van der Waals surface area contributed by atoms with Gasteiger partial charge in [-0.2, -0.15) is 0 Å². The quantitative estimate of drug-likeness (QED) is 0.715. The highest BCUT2D eigenvalue weighted by Crippen LogP contribution is 2.10. The van der Waals surface area contributed by atoms with Crippen LogP contribution < -0.4 is 0 Å². The molecule has 0 atom stereocenters. The van der Waals surface area contributed by atoms with E-state index in [1.54, 1.807) is 23.9 Å². The van der Waals surface area contributed by atoms with Crippen molar-refractivity contribution in [3.63, 3.8) is 0 Å². The summed E-state index contributed by atoms with van der Waals surface area (Å²) in [7, 11) is 0. The summed E-state index contributed by atoms with van der Waals surface area (Å²) in [6.07, 6.45) is 0. The molecule has 0 N–H and O–H groups in total. The van der Waals surface area contributed by atoms with E-state index in [1.165, 1.54) is 17.7 Å². The molecule has 0 spiro atoms. The Labute approximate surface area is 105 Å². The first kappa shape index (κ1) is 11.8. The van der Waals surface area contributed by atoms with Gasteiger partial charge in [-0.25, -0.2) is 4.39 Å². The first-order valence-electron chi connectivity index (χ1n) is 5.27. The Hall–Kier alpha value is -1.72. The zero-order valence-electron chi connectivity index (χ0n) is 9.19. The summed E-state index contributed by atoms with van der Waals surface area (Å²) in [6, 6.07) is 16.4. The van der Waals surface area contributed by atoms with E-state index in [0.29, 0.717) is 0 Å². The zero-order valence-corrected chi connectivity index (χ0v) is 10.0. The van der Waals surface area contributed by atoms with Crippen LogP contribution in [0.15, 0.2) is 54.6 Å². The summed E-state index contributed by atoms with van der Waals surface area (Å²) in [4.78, 5) is 0. The molecule has 2 heteroatoms. The highest BCUT2D eigenvalue weighted by molar-refractivity contribution is 8.03. The SMILES string of the molecule is Fc1ccc(C#CSCc2ccccc2)cc1. The van der Waals surface area contributed by atoms with Crippen molar-refractivity contribution in [1.29, 1.82) is 0 Å². The minimum Gasteiger partial charge on any atom is -0.207 e. The van der Waals surface area contributed by atoms with Gasteiger partial charge in [0.1, 0.15) is 5.82 Å². The maximum absolute atomic E-state index is 12.6. The molecule has 2 aromatic rings. The lowest BCUT2D eigenvalue weighted by atomic mass is 10.2. The maximum Gasteiger partial charge on any atom is 0.123 e. The smallest absolute Gasteiger partial charge is 0.123 e. The molecule has 0 fully saturated rings. The summed E-state index contributed by atoms with van der Waals surface area (Å²) >= 11 is 1.55. The highest BCUT2D eigenvalue weighted by Gasteiger charge is 1.90. The third-order valence-electron chi connectivity index (χ3n) is 2.19. The normalized spacial score (nSPS) is 9.47. The fourth-order valence-electron chi connectivity index (χ4n) is 1.32. The Bertz CT molecular complexity index is 520. The number of rotatable bonds is 2. The van der Waals surface area contributed by atoms with Gasteiger partial charge < -0.3 is 0 Å². The third kappa shape index (κ3) is 3.97. The van der Waals surface area contributed by atoms with Crippen molar-refractivity contribution in [2.24, 2.45) is 0 Å². The van der Waals surface area contributed by atoms with Crippen molar-refractivity contribution in [3.8, 4) is 11.2 Å². The number of benzene rings is 2. The van der Waals surface area contributed by atoms with Gasteiger partial charge >= 0.3 is 0 Å². The molecular formula is C15H11FS. The Kier molecular flexibility index (Phi) is 4.23. The lowest BCUT2D eigenvalue weighted by Crippen LogP contribution is -1.77. The lowest BCUT2D eigenvalue weighted by molar-refractivity contribution is 0.627. The summed E-state index contributed by atoms with van der Waals surface area (Å²) in [5, 5.41) is 3.01. The molecule has 84 valence electrons. The van der Waals surface area contributed by atoms with Crippen molar-refractivity contribution < 1.29 is 4.39 Å². The van der Waals surface area contributed by atoms with Crippen LogP contribution in [0.5, 0.6) is 0 Å². The van der Waals surface area contributed by atoms with Crippen LogP contribution in [-0.2, 0) is 5.75 Å². The van der Waals surface area contributed by atoms with Crippen LogP contribution in [0.1, 0.15) is 11.1 Å². The average Bonchev–Trinajstić information content (AvgIpc) is 2.38. The van der Waals surface area contributed by atoms with Crippen molar-refractivity contribution in [1.82, 2.24) is 0 Å². The third-order valence-corrected chi connectivity index (χ3v) is 2.92. The molecule has 0 aliphatic heterocycles. The molecule has 2 rings (SSSR count). The predicted molar refractivity (Wildman–Crippen MR) is 71.0 cm³/mol. The van der Waals surface area contributed by atoms with Crippen LogP contribution in [0.25, 0.3) is 0 Å². The second-order valence-corrected chi connectivity index (χ2v) is 4.29. The molecule has 0 saturated carbocycles. The van der Waals surface area contributed by atoms with Gasteiger partial charge in [-0.3, -0.25) is 0 Å². The standard InChI is InChI=1S/C15H11FS/c16-15-8-6-13(7-9-15)10-11-17-12-14-4-2-1-3-5-14/h1-9H,12H2. The molecule has 2 aromatic carbocycles. The van der Waals surface area contributed by atoms with Gasteiger partial charge in [0.25, 0.3) is 0 Å². The van der Waals surface area contributed by atoms with Gasteiger partial charge in [-0.15, -0.1) is 0 Å². The molecule has 0 aromatic heterocycles. The van der Waals surface area contributed by atoms with Crippen LogP contribution in [0.2, 0.25) is 0 Å². The van der Waals surface area contributed by atoms with E-state index in [4.69, 9.17) is 0 Å². The molecule has 0 saturated heterocycles. The first-order chi connectivity index (χ1) is 8.34. The van der Waals surface area contributed by atoms with Crippen LogP contribution in [0.3, 0.4) is 0 Å². The van der Waals surface area contributed by atoms with E-state index in [2.05, 4.69) is 23.3 Å². The summed E-state index contributed by atoms with van der Waals surface area (Å²) in [6.45, 7) is 0. The van der Waals surface area contributed by atoms with Gasteiger partial charge in [0.05, 0.1) is 0 Å². The van der Waals surface area contributed by atoms with Gasteiger partial charge in [-0.1, -0.05) is 48.0 Å². The second kappa shape index (κ2) is 6.12. The Morgan fingerprint density at radius 3 is 2.35 bits per heavy atom. The molecule has 0 bridgehead atoms. The van der Waals surface area contributed by atoms with Crippen molar-refractivity contribution in [2.75, 3.05) is 0 Å². The number of halogens is 1. The second-order valence-electron chi connectivity index (χ2n) is 3.51. The molecule has 0 aliphatic rings. The summed E-state index contributed by atoms with van der Waals surface area (Å²) in [5.74, 6) is 3.63. The maximum atomic E-state index is 12.6. The van der Waals surface area contributed by atoms with Crippen molar-refractivity contribution >= 4 is 11.8 Å². The Morgan fingerprint density at radius 2 is 1.65 bits per heavy atom. The van der Waals surface area contributed by atoms with Crippen LogP contribution in [0, 0.1) is 17.0 Å². The Morgan fingerprint density at radius 1 is 0.941 bits per heavy atom. The van der Waals surface area contributed by atoms with Crippen LogP contribution in [-0.4, -0.2) is 0 Å². The molecular weight excluding hydrogens is 231 g/mol. The van der Waals surface area contributed by atoms with Crippen LogP contribution in [0.4, 0.5) is 4.39 Å². The minimum atomic E-state index is -0.229. The predicted octanol–water partition coefficient (Wildman–Crippen LogP) is 4.07. The van der Waals surface area contributed by atoms with Gasteiger partial charge in [0.15, 0.2) is 0 Å². The number of hydrogen-bond acceptors (Lipinski definition) is 1. The molecule has 0 amide bonds.